The maximum atomic E-state index is 13.7. The number of methoxy groups -OCH3 is 1. The number of fused-ring (bicyclic) bond motifs is 2. The highest BCUT2D eigenvalue weighted by molar-refractivity contribution is 6.39. The van der Waals surface area contributed by atoms with Crippen LogP contribution < -0.4 is 15.6 Å². The summed E-state index contributed by atoms with van der Waals surface area (Å²) < 4.78 is 34.1. The Kier molecular flexibility index (Phi) is 8.22. The van der Waals surface area contributed by atoms with Gasteiger partial charge in [0, 0.05) is 48.8 Å². The average molecular weight is 695 g/mol. The van der Waals surface area contributed by atoms with Gasteiger partial charge in [0.05, 0.1) is 52.2 Å². The van der Waals surface area contributed by atoms with Crippen molar-refractivity contribution in [3.63, 3.8) is 0 Å². The van der Waals surface area contributed by atoms with E-state index in [1.165, 1.54) is 20.4 Å². The van der Waals surface area contributed by atoms with Crippen LogP contribution in [0.25, 0.3) is 33.2 Å². The molecule has 48 heavy (non-hydrogen) atoms. The van der Waals surface area contributed by atoms with Crippen molar-refractivity contribution in [1.29, 1.82) is 0 Å². The molecule has 1 saturated heterocycles. The third-order valence-electron chi connectivity index (χ3n) is 8.92. The summed E-state index contributed by atoms with van der Waals surface area (Å²) in [4.78, 5) is 39.8. The molecule has 4 heterocycles. The maximum Gasteiger partial charge on any atom is 0.307 e. The lowest BCUT2D eigenvalue weighted by atomic mass is 10.0. The first-order valence-electron chi connectivity index (χ1n) is 14.9. The lowest BCUT2D eigenvalue weighted by Crippen LogP contribution is -2.26. The number of nitrogens with one attached hydrogen (secondary N) is 1. The third-order valence-corrected chi connectivity index (χ3v) is 9.74. The summed E-state index contributed by atoms with van der Waals surface area (Å²) in [6.07, 6.45) is 0.0610. The molecule has 11 nitrogen and oxygen atoms in total. The number of carbonyl (C=O) groups is 1. The second-order valence-corrected chi connectivity index (χ2v) is 12.5. The highest BCUT2D eigenvalue weighted by Gasteiger charge is 2.59. The lowest BCUT2D eigenvalue weighted by molar-refractivity contribution is -0.139. The molecule has 1 saturated carbocycles. The van der Waals surface area contributed by atoms with E-state index in [-0.39, 0.29) is 39.4 Å². The van der Waals surface area contributed by atoms with Crippen molar-refractivity contribution < 1.29 is 23.4 Å². The van der Waals surface area contributed by atoms with Crippen LogP contribution in [0.4, 0.5) is 20.3 Å². The molecule has 1 unspecified atom stereocenters. The van der Waals surface area contributed by atoms with Crippen molar-refractivity contribution in [3.8, 4) is 28.3 Å². The van der Waals surface area contributed by atoms with Gasteiger partial charge in [-0.15, -0.1) is 0 Å². The van der Waals surface area contributed by atoms with Crippen LogP contribution in [-0.2, 0) is 18.4 Å². The fraction of sp³-hybridized carbons (Fsp3) is 0.273. The van der Waals surface area contributed by atoms with E-state index in [4.69, 9.17) is 32.9 Å². The highest BCUT2D eigenvalue weighted by Crippen LogP contribution is 2.52. The van der Waals surface area contributed by atoms with Crippen molar-refractivity contribution in [2.24, 2.45) is 24.8 Å². The highest BCUT2D eigenvalue weighted by atomic mass is 35.5. The molecule has 2 aromatic carbocycles. The molecule has 246 valence electrons. The fourth-order valence-corrected chi connectivity index (χ4v) is 7.10. The van der Waals surface area contributed by atoms with E-state index in [1.54, 1.807) is 42.6 Å². The van der Waals surface area contributed by atoms with Gasteiger partial charge in [-0.05, 0) is 24.0 Å². The van der Waals surface area contributed by atoms with Crippen molar-refractivity contribution in [2.75, 3.05) is 25.5 Å². The van der Waals surface area contributed by atoms with Crippen LogP contribution in [0, 0.1) is 17.8 Å². The van der Waals surface area contributed by atoms with Gasteiger partial charge in [0.2, 0.25) is 5.88 Å². The number of hydrogen-bond acceptors (Lipinski definition) is 9. The van der Waals surface area contributed by atoms with E-state index in [2.05, 4.69) is 25.3 Å². The predicted molar refractivity (Wildman–Crippen MR) is 176 cm³/mol. The molecule has 7 rings (SSSR count). The Labute approximate surface area is 282 Å². The van der Waals surface area contributed by atoms with Crippen LogP contribution in [0.15, 0.2) is 59.7 Å². The number of aliphatic carboxylic acids is 1. The molecule has 3 atom stereocenters. The van der Waals surface area contributed by atoms with E-state index in [9.17, 15) is 23.5 Å². The van der Waals surface area contributed by atoms with Crippen LogP contribution in [0.5, 0.6) is 5.88 Å². The monoisotopic (exact) mass is 693 g/mol. The Morgan fingerprint density at radius 3 is 2.44 bits per heavy atom. The predicted octanol–water partition coefficient (Wildman–Crippen LogP) is 6.21. The standard InChI is InChI=1S/C33H27Cl2F2N7O4/c1-43-32(45)25-15(10-39-43)9-22(29(36)37)41-30(25)40-21-8-4-6-17(28(21)35)16-5-3-7-18(27(16)34)23-11-38-24(31(42-23)48-2)14-44-12-19-20(13-44)26(19)33(46)47/h3-11,19-20,26,29H,12-14H2,1-2H3,(H,40,41)(H,46,47)/t19-,20+,26?. The van der Waals surface area contributed by atoms with Gasteiger partial charge in [-0.2, -0.15) is 5.10 Å². The fourth-order valence-electron chi connectivity index (χ4n) is 6.50. The van der Waals surface area contributed by atoms with Gasteiger partial charge >= 0.3 is 5.97 Å². The molecule has 0 amide bonds. The lowest BCUT2D eigenvalue weighted by Gasteiger charge is -2.19. The van der Waals surface area contributed by atoms with Gasteiger partial charge in [0.25, 0.3) is 12.0 Å². The van der Waals surface area contributed by atoms with Crippen LogP contribution in [-0.4, -0.2) is 60.9 Å². The summed E-state index contributed by atoms with van der Waals surface area (Å²) in [6, 6.07) is 11.6. The van der Waals surface area contributed by atoms with Gasteiger partial charge in [0.1, 0.15) is 17.2 Å². The molecule has 1 aliphatic carbocycles. The van der Waals surface area contributed by atoms with Crippen LogP contribution in [0.3, 0.4) is 0 Å². The normalized spacial score (nSPS) is 18.7. The van der Waals surface area contributed by atoms with E-state index in [0.717, 1.165) is 10.7 Å². The minimum atomic E-state index is -2.88. The number of ether oxygens (including phenoxy) is 1. The van der Waals surface area contributed by atoms with E-state index in [1.807, 2.05) is 0 Å². The van der Waals surface area contributed by atoms with Gasteiger partial charge in [-0.3, -0.25) is 19.5 Å². The second-order valence-electron chi connectivity index (χ2n) is 11.8. The Hall–Kier alpha value is -4.72. The number of carboxylic acid groups (broad SMARTS) is 1. The zero-order valence-electron chi connectivity index (χ0n) is 25.5. The molecular weight excluding hydrogens is 667 g/mol. The number of nitrogens with zero attached hydrogens (tertiary/aromatic N) is 6. The van der Waals surface area contributed by atoms with Crippen LogP contribution >= 0.6 is 23.2 Å². The number of likely N-dealkylation sites (tertiary alicyclic amines) is 1. The minimum absolute atomic E-state index is 0.0835. The molecule has 0 bridgehead atoms. The summed E-state index contributed by atoms with van der Waals surface area (Å²) in [7, 11) is 2.97. The Morgan fingerprint density at radius 1 is 1.06 bits per heavy atom. The number of halogens is 4. The number of pyridine rings is 1. The van der Waals surface area contributed by atoms with Crippen molar-refractivity contribution in [1.82, 2.24) is 29.6 Å². The molecule has 2 aliphatic rings. The zero-order chi connectivity index (χ0) is 33.9. The molecule has 0 radical (unpaired) electrons. The summed E-state index contributed by atoms with van der Waals surface area (Å²) in [5.74, 6) is -0.391. The molecule has 0 spiro atoms. The zero-order valence-corrected chi connectivity index (χ0v) is 27.0. The summed E-state index contributed by atoms with van der Waals surface area (Å²) >= 11 is 13.9. The van der Waals surface area contributed by atoms with Gasteiger partial charge in [-0.1, -0.05) is 53.5 Å². The number of alkyl halides is 2. The summed E-state index contributed by atoms with van der Waals surface area (Å²) in [6.45, 7) is 1.86. The van der Waals surface area contributed by atoms with E-state index in [0.29, 0.717) is 64.3 Å². The largest absolute Gasteiger partial charge is 0.481 e. The molecule has 15 heteroatoms. The molecular formula is C33H27Cl2F2N7O4. The Morgan fingerprint density at radius 2 is 1.75 bits per heavy atom. The van der Waals surface area contributed by atoms with Crippen LogP contribution in [0.2, 0.25) is 10.0 Å². The average Bonchev–Trinajstić information content (AvgIpc) is 3.59. The van der Waals surface area contributed by atoms with Crippen molar-refractivity contribution >= 4 is 51.4 Å². The second kappa shape index (κ2) is 12.4. The minimum Gasteiger partial charge on any atom is -0.481 e. The number of aromatic nitrogens is 5. The van der Waals surface area contributed by atoms with Gasteiger partial charge in [-0.25, -0.2) is 23.4 Å². The molecule has 5 aromatic rings. The maximum absolute atomic E-state index is 13.7. The quantitative estimate of drug-likeness (QED) is 0.183. The number of rotatable bonds is 9. The number of aryl methyl sites for hydroxylation is 1. The first kappa shape index (κ1) is 31.9. The van der Waals surface area contributed by atoms with Crippen molar-refractivity contribution in [2.45, 2.75) is 13.0 Å². The number of piperidine rings is 1. The number of hydrogen-bond donors (Lipinski definition) is 2. The topological polar surface area (TPSA) is 135 Å². The first-order valence-corrected chi connectivity index (χ1v) is 15.7. The first-order chi connectivity index (χ1) is 23.0. The molecule has 3 aromatic heterocycles. The van der Waals surface area contributed by atoms with E-state index >= 15 is 0 Å². The number of anilines is 2. The SMILES string of the molecule is COc1nc(-c2cccc(-c3cccc(Nc4nc(C(F)F)cc5cnn(C)c(=O)c45)c3Cl)c2Cl)cnc1CN1C[C@@H]2C(C(=O)O)[C@@H]2C1. The summed E-state index contributed by atoms with van der Waals surface area (Å²) in [5, 5.41) is 17.1. The molecule has 2 fully saturated rings. The van der Waals surface area contributed by atoms with Gasteiger partial charge in [0.15, 0.2) is 0 Å². The molecule has 2 N–H and O–H groups in total. The summed E-state index contributed by atoms with van der Waals surface area (Å²) in [5.41, 5.74) is 2.04. The smallest absolute Gasteiger partial charge is 0.307 e. The van der Waals surface area contributed by atoms with Gasteiger partial charge < -0.3 is 15.2 Å². The van der Waals surface area contributed by atoms with E-state index < -0.39 is 23.6 Å². The number of carboxylic acids is 1. The Bertz CT molecular complexity index is 2150. The third kappa shape index (κ3) is 5.61. The molecule has 1 aliphatic heterocycles. The van der Waals surface area contributed by atoms with Crippen molar-refractivity contribution in [3.05, 3.63) is 86.6 Å². The Balaban J connectivity index is 1.19. The number of benzene rings is 2. The van der Waals surface area contributed by atoms with Crippen LogP contribution in [0.1, 0.15) is 17.8 Å².